The minimum Gasteiger partial charge on any atom is -0.336 e. The molecule has 4 amide bonds. The van der Waals surface area contributed by atoms with Crippen LogP contribution >= 0.6 is 0 Å². The number of hydrogen-bond acceptors (Lipinski definition) is 4. The Hall–Kier alpha value is -1.92. The fourth-order valence-corrected chi connectivity index (χ4v) is 7.54. The standard InChI is InChI=1S/C20H27N3O4/c1-11-6-13(24)23-10-19-9-18(8-14(25)21(4)15(18)26)17(2,3)12(19)7-20(11,23)16(27)22(19)5/h11-12H,6-10H2,1-5H3/t11-,12-,18-,19+,20?/m0/s1. The summed E-state index contributed by atoms with van der Waals surface area (Å²) < 4.78 is 0. The molecule has 5 aliphatic heterocycles. The number of likely N-dealkylation sites (N-methyl/N-ethyl adjacent to an activating group) is 1. The van der Waals surface area contributed by atoms with Gasteiger partial charge >= 0.3 is 0 Å². The van der Waals surface area contributed by atoms with E-state index in [9.17, 15) is 19.2 Å². The number of likely N-dealkylation sites (tertiary alicyclic amines) is 1. The van der Waals surface area contributed by atoms with Gasteiger partial charge in [-0.1, -0.05) is 20.8 Å². The maximum absolute atomic E-state index is 13.5. The van der Waals surface area contributed by atoms with E-state index in [1.54, 1.807) is 7.05 Å². The summed E-state index contributed by atoms with van der Waals surface area (Å²) in [5, 5.41) is 0. The van der Waals surface area contributed by atoms with Gasteiger partial charge in [0, 0.05) is 33.5 Å². The molecule has 0 aromatic rings. The Morgan fingerprint density at radius 3 is 2.26 bits per heavy atom. The largest absolute Gasteiger partial charge is 0.336 e. The van der Waals surface area contributed by atoms with Crippen LogP contribution < -0.4 is 0 Å². The fraction of sp³-hybridized carbons (Fsp3) is 0.800. The number of piperidine rings is 2. The minimum absolute atomic E-state index is 0.0151. The van der Waals surface area contributed by atoms with Crippen LogP contribution in [0.25, 0.3) is 0 Å². The SMILES string of the molecule is C[C@H]1CC(=O)N2C[C@]34C[C@]5(CC(=O)N(C)C5=O)C(C)(C)[C@@H]3CC12C(=O)N4C. The van der Waals surface area contributed by atoms with Crippen LogP contribution in [0.15, 0.2) is 0 Å². The zero-order valence-corrected chi connectivity index (χ0v) is 16.7. The van der Waals surface area contributed by atoms with E-state index in [0.717, 1.165) is 0 Å². The first-order chi connectivity index (χ1) is 12.5. The molecule has 0 aromatic heterocycles. The van der Waals surface area contributed by atoms with Crippen LogP contribution in [0.4, 0.5) is 0 Å². The lowest BCUT2D eigenvalue weighted by atomic mass is 9.57. The molecule has 7 heteroatoms. The van der Waals surface area contributed by atoms with E-state index < -0.39 is 21.9 Å². The van der Waals surface area contributed by atoms with Crippen molar-refractivity contribution in [1.29, 1.82) is 0 Å². The highest BCUT2D eigenvalue weighted by molar-refractivity contribution is 6.07. The lowest BCUT2D eigenvalue weighted by Gasteiger charge is -2.64. The summed E-state index contributed by atoms with van der Waals surface area (Å²) in [5.74, 6) is -0.153. The Balaban J connectivity index is 1.71. The summed E-state index contributed by atoms with van der Waals surface area (Å²) in [6.07, 6.45) is 1.67. The van der Waals surface area contributed by atoms with E-state index in [2.05, 4.69) is 13.8 Å². The third kappa shape index (κ3) is 1.45. The second kappa shape index (κ2) is 4.39. The van der Waals surface area contributed by atoms with Crippen molar-refractivity contribution in [3.05, 3.63) is 0 Å². The number of piperazine rings is 1. The van der Waals surface area contributed by atoms with Gasteiger partial charge in [-0.15, -0.1) is 0 Å². The molecule has 7 nitrogen and oxygen atoms in total. The fourth-order valence-electron chi connectivity index (χ4n) is 7.54. The molecule has 0 aromatic carbocycles. The molecule has 0 radical (unpaired) electrons. The molecule has 6 rings (SSSR count). The number of hydrogen-bond donors (Lipinski definition) is 0. The van der Waals surface area contributed by atoms with Crippen molar-refractivity contribution in [3.63, 3.8) is 0 Å². The average Bonchev–Trinajstić information content (AvgIpc) is 3.07. The van der Waals surface area contributed by atoms with Gasteiger partial charge in [0.25, 0.3) is 0 Å². The summed E-state index contributed by atoms with van der Waals surface area (Å²) in [6, 6.07) is 0. The molecule has 27 heavy (non-hydrogen) atoms. The molecule has 5 atom stereocenters. The molecule has 146 valence electrons. The molecule has 6 fully saturated rings. The molecule has 3 spiro atoms. The van der Waals surface area contributed by atoms with Crippen molar-refractivity contribution in [2.45, 2.75) is 57.5 Å². The molecule has 6 aliphatic rings. The van der Waals surface area contributed by atoms with Crippen molar-refractivity contribution < 1.29 is 19.2 Å². The van der Waals surface area contributed by atoms with Gasteiger partial charge in [0.1, 0.15) is 5.54 Å². The van der Waals surface area contributed by atoms with E-state index in [1.807, 2.05) is 23.8 Å². The smallest absolute Gasteiger partial charge is 0.249 e. The van der Waals surface area contributed by atoms with Crippen molar-refractivity contribution >= 4 is 23.6 Å². The highest BCUT2D eigenvalue weighted by Crippen LogP contribution is 2.72. The van der Waals surface area contributed by atoms with Gasteiger partial charge in [0.2, 0.25) is 23.6 Å². The van der Waals surface area contributed by atoms with E-state index in [1.165, 1.54) is 4.90 Å². The molecule has 1 aliphatic carbocycles. The molecular formula is C20H27N3O4. The third-order valence-corrected chi connectivity index (χ3v) is 9.27. The first-order valence-electron chi connectivity index (χ1n) is 9.85. The van der Waals surface area contributed by atoms with E-state index in [-0.39, 0.29) is 41.9 Å². The highest BCUT2D eigenvalue weighted by atomic mass is 16.2. The van der Waals surface area contributed by atoms with Crippen LogP contribution in [0, 0.1) is 22.7 Å². The molecule has 1 unspecified atom stereocenters. The maximum Gasteiger partial charge on any atom is 0.249 e. The Labute approximate surface area is 159 Å². The predicted molar refractivity (Wildman–Crippen MR) is 95.1 cm³/mol. The lowest BCUT2D eigenvalue weighted by molar-refractivity contribution is -0.192. The van der Waals surface area contributed by atoms with Crippen LogP contribution in [0.5, 0.6) is 0 Å². The zero-order chi connectivity index (χ0) is 19.7. The quantitative estimate of drug-likeness (QED) is 0.584. The van der Waals surface area contributed by atoms with E-state index >= 15 is 0 Å². The van der Waals surface area contributed by atoms with Gasteiger partial charge in [-0.05, 0) is 30.1 Å². The van der Waals surface area contributed by atoms with Crippen LogP contribution in [-0.4, -0.2) is 70.0 Å². The van der Waals surface area contributed by atoms with Crippen LogP contribution in [0.1, 0.15) is 46.5 Å². The molecule has 2 bridgehead atoms. The third-order valence-electron chi connectivity index (χ3n) is 9.27. The monoisotopic (exact) mass is 373 g/mol. The second-order valence-corrected chi connectivity index (χ2v) is 10.1. The second-order valence-electron chi connectivity index (χ2n) is 10.1. The van der Waals surface area contributed by atoms with Crippen molar-refractivity contribution in [3.8, 4) is 0 Å². The summed E-state index contributed by atoms with van der Waals surface area (Å²) in [5.41, 5.74) is -2.57. The van der Waals surface area contributed by atoms with E-state index in [0.29, 0.717) is 25.8 Å². The molecule has 1 saturated carbocycles. The zero-order valence-electron chi connectivity index (χ0n) is 16.7. The predicted octanol–water partition coefficient (Wildman–Crippen LogP) is 0.629. The van der Waals surface area contributed by atoms with Gasteiger partial charge in [-0.2, -0.15) is 0 Å². The van der Waals surface area contributed by atoms with Gasteiger partial charge in [0.15, 0.2) is 0 Å². The minimum atomic E-state index is -0.796. The van der Waals surface area contributed by atoms with Gasteiger partial charge in [0.05, 0.1) is 11.0 Å². The van der Waals surface area contributed by atoms with Crippen molar-refractivity contribution in [1.82, 2.24) is 14.7 Å². The Morgan fingerprint density at radius 1 is 1.00 bits per heavy atom. The van der Waals surface area contributed by atoms with Crippen LogP contribution in [-0.2, 0) is 19.2 Å². The molecule has 5 heterocycles. The van der Waals surface area contributed by atoms with Crippen LogP contribution in [0.2, 0.25) is 0 Å². The first-order valence-corrected chi connectivity index (χ1v) is 9.85. The summed E-state index contributed by atoms with van der Waals surface area (Å²) >= 11 is 0. The normalized spacial score (nSPS) is 47.5. The summed E-state index contributed by atoms with van der Waals surface area (Å²) in [6.45, 7) is 6.67. The summed E-state index contributed by atoms with van der Waals surface area (Å²) in [4.78, 5) is 56.8. The highest BCUT2D eigenvalue weighted by Gasteiger charge is 2.81. The number of nitrogens with zero attached hydrogens (tertiary/aromatic N) is 3. The first kappa shape index (κ1) is 17.2. The number of imide groups is 1. The number of carbonyl (C=O) groups excluding carboxylic acids is 4. The number of amides is 4. The van der Waals surface area contributed by atoms with Crippen LogP contribution in [0.3, 0.4) is 0 Å². The average molecular weight is 373 g/mol. The number of rotatable bonds is 0. The lowest BCUT2D eigenvalue weighted by Crippen LogP contribution is -2.80. The Bertz CT molecular complexity index is 837. The Morgan fingerprint density at radius 2 is 1.67 bits per heavy atom. The molecule has 0 N–H and O–H groups in total. The maximum atomic E-state index is 13.5. The topological polar surface area (TPSA) is 78.0 Å². The summed E-state index contributed by atoms with van der Waals surface area (Å²) in [7, 11) is 3.40. The van der Waals surface area contributed by atoms with Gasteiger partial charge in [-0.3, -0.25) is 24.1 Å². The Kier molecular flexibility index (Phi) is 2.79. The van der Waals surface area contributed by atoms with Gasteiger partial charge < -0.3 is 9.80 Å². The number of carbonyl (C=O) groups is 4. The van der Waals surface area contributed by atoms with Crippen molar-refractivity contribution in [2.24, 2.45) is 22.7 Å². The number of fused-ring (bicyclic) bond motifs is 1. The van der Waals surface area contributed by atoms with Crippen molar-refractivity contribution in [2.75, 3.05) is 20.6 Å². The molecule has 5 saturated heterocycles. The molecular weight excluding hydrogens is 346 g/mol. The van der Waals surface area contributed by atoms with E-state index in [4.69, 9.17) is 0 Å². The van der Waals surface area contributed by atoms with Gasteiger partial charge in [-0.25, -0.2) is 0 Å².